The van der Waals surface area contributed by atoms with Crippen molar-refractivity contribution in [3.63, 3.8) is 0 Å². The average Bonchev–Trinajstić information content (AvgIpc) is 2.93. The van der Waals surface area contributed by atoms with Crippen LogP contribution in [0, 0.1) is 27.7 Å². The normalized spacial score (nSPS) is 15.9. The predicted molar refractivity (Wildman–Crippen MR) is 89.4 cm³/mol. The Morgan fingerprint density at radius 1 is 0.957 bits per heavy atom. The number of aromatic nitrogens is 1. The standard InChI is InChI=1S/C18H19N3O2/c1-10-5-6-15(7-11(10)2)21-12(3)8-14(13(21)4)9-16-17(22)20-18(23)19-16/h5-9H,1-4H3,(H2,19,20,22,23). The van der Waals surface area contributed by atoms with E-state index >= 15 is 0 Å². The van der Waals surface area contributed by atoms with Gasteiger partial charge in [-0.1, -0.05) is 6.07 Å². The summed E-state index contributed by atoms with van der Waals surface area (Å²) in [6, 6.07) is 7.87. The molecule has 1 aromatic carbocycles. The molecule has 2 heterocycles. The Balaban J connectivity index is 2.06. The predicted octanol–water partition coefficient (Wildman–Crippen LogP) is 2.89. The first-order chi connectivity index (χ1) is 10.9. The molecule has 0 aliphatic carbocycles. The fourth-order valence-electron chi connectivity index (χ4n) is 2.83. The van der Waals surface area contributed by atoms with Crippen molar-refractivity contribution in [3.05, 3.63) is 58.0 Å². The first-order valence-corrected chi connectivity index (χ1v) is 7.47. The van der Waals surface area contributed by atoms with E-state index in [1.165, 1.54) is 11.1 Å². The number of nitrogens with zero attached hydrogens (tertiary/aromatic N) is 1. The molecule has 1 fully saturated rings. The molecule has 1 aliphatic rings. The van der Waals surface area contributed by atoms with Gasteiger partial charge in [-0.2, -0.15) is 0 Å². The topological polar surface area (TPSA) is 63.1 Å². The van der Waals surface area contributed by atoms with Gasteiger partial charge in [0.25, 0.3) is 5.91 Å². The zero-order chi connectivity index (χ0) is 16.7. The minimum atomic E-state index is -0.482. The maximum atomic E-state index is 11.7. The van der Waals surface area contributed by atoms with E-state index in [4.69, 9.17) is 0 Å². The quantitative estimate of drug-likeness (QED) is 0.662. The molecular formula is C18H19N3O2. The molecule has 5 nitrogen and oxygen atoms in total. The summed E-state index contributed by atoms with van der Waals surface area (Å²) < 4.78 is 2.15. The molecule has 3 rings (SSSR count). The van der Waals surface area contributed by atoms with Crippen molar-refractivity contribution in [2.75, 3.05) is 0 Å². The molecule has 0 spiro atoms. The monoisotopic (exact) mass is 309 g/mol. The lowest BCUT2D eigenvalue weighted by molar-refractivity contribution is -0.115. The fraction of sp³-hybridized carbons (Fsp3) is 0.222. The minimum Gasteiger partial charge on any atom is -0.318 e. The van der Waals surface area contributed by atoms with E-state index in [0.717, 1.165) is 22.6 Å². The third kappa shape index (κ3) is 2.65. The maximum Gasteiger partial charge on any atom is 0.326 e. The number of nitrogens with one attached hydrogen (secondary N) is 2. The number of carbonyl (C=O) groups excluding carboxylic acids is 2. The van der Waals surface area contributed by atoms with E-state index in [0.29, 0.717) is 0 Å². The smallest absolute Gasteiger partial charge is 0.318 e. The lowest BCUT2D eigenvalue weighted by Crippen LogP contribution is -2.22. The van der Waals surface area contributed by atoms with Crippen LogP contribution in [0.15, 0.2) is 30.0 Å². The molecule has 1 saturated heterocycles. The van der Waals surface area contributed by atoms with Crippen molar-refractivity contribution in [1.82, 2.24) is 15.2 Å². The van der Waals surface area contributed by atoms with Crippen LogP contribution in [0.3, 0.4) is 0 Å². The van der Waals surface area contributed by atoms with Crippen LogP contribution in [0.2, 0.25) is 0 Å². The summed E-state index contributed by atoms with van der Waals surface area (Å²) >= 11 is 0. The van der Waals surface area contributed by atoms with Gasteiger partial charge in [-0.15, -0.1) is 0 Å². The van der Waals surface area contributed by atoms with Gasteiger partial charge in [-0.25, -0.2) is 4.79 Å². The fourth-order valence-corrected chi connectivity index (χ4v) is 2.83. The Bertz CT molecular complexity index is 859. The van der Waals surface area contributed by atoms with Crippen LogP contribution < -0.4 is 10.6 Å². The zero-order valence-electron chi connectivity index (χ0n) is 13.7. The van der Waals surface area contributed by atoms with E-state index in [1.54, 1.807) is 6.08 Å². The molecule has 0 unspecified atom stereocenters. The number of urea groups is 1. The molecule has 1 aromatic heterocycles. The van der Waals surface area contributed by atoms with Crippen LogP contribution in [-0.2, 0) is 4.79 Å². The number of aryl methyl sites for hydroxylation is 3. The highest BCUT2D eigenvalue weighted by atomic mass is 16.2. The molecule has 0 atom stereocenters. The number of hydrogen-bond donors (Lipinski definition) is 2. The number of imide groups is 1. The van der Waals surface area contributed by atoms with Crippen molar-refractivity contribution in [2.24, 2.45) is 0 Å². The van der Waals surface area contributed by atoms with Crippen molar-refractivity contribution in [3.8, 4) is 5.69 Å². The second kappa shape index (κ2) is 5.43. The van der Waals surface area contributed by atoms with Crippen LogP contribution in [0.5, 0.6) is 0 Å². The number of benzene rings is 1. The SMILES string of the molecule is Cc1ccc(-n2c(C)cc(C=C3NC(=O)NC3=O)c2C)cc1C. The molecule has 5 heteroatoms. The second-order valence-electron chi connectivity index (χ2n) is 5.90. The van der Waals surface area contributed by atoms with Crippen molar-refractivity contribution in [2.45, 2.75) is 27.7 Å². The van der Waals surface area contributed by atoms with Crippen molar-refractivity contribution >= 4 is 18.0 Å². The van der Waals surface area contributed by atoms with Gasteiger partial charge >= 0.3 is 6.03 Å². The van der Waals surface area contributed by atoms with Crippen LogP contribution >= 0.6 is 0 Å². The third-order valence-electron chi connectivity index (χ3n) is 4.24. The summed E-state index contributed by atoms with van der Waals surface area (Å²) in [5.41, 5.74) is 6.85. The highest BCUT2D eigenvalue weighted by Gasteiger charge is 2.23. The molecule has 2 aromatic rings. The molecule has 1 aliphatic heterocycles. The largest absolute Gasteiger partial charge is 0.326 e. The Labute approximate surface area is 135 Å². The van der Waals surface area contributed by atoms with Crippen LogP contribution in [0.1, 0.15) is 28.1 Å². The molecule has 0 bridgehead atoms. The van der Waals surface area contributed by atoms with Gasteiger partial charge in [0.2, 0.25) is 0 Å². The molecule has 0 radical (unpaired) electrons. The van der Waals surface area contributed by atoms with Gasteiger partial charge in [0.1, 0.15) is 5.70 Å². The van der Waals surface area contributed by atoms with Gasteiger partial charge in [0.05, 0.1) is 0 Å². The van der Waals surface area contributed by atoms with Crippen LogP contribution in [-0.4, -0.2) is 16.5 Å². The van der Waals surface area contributed by atoms with Gasteiger partial charge in [0.15, 0.2) is 0 Å². The Morgan fingerprint density at radius 2 is 1.70 bits per heavy atom. The van der Waals surface area contributed by atoms with Crippen LogP contribution in [0.4, 0.5) is 4.79 Å². The van der Waals surface area contributed by atoms with Gasteiger partial charge in [-0.05, 0) is 68.7 Å². The maximum absolute atomic E-state index is 11.7. The zero-order valence-corrected chi connectivity index (χ0v) is 13.7. The molecule has 23 heavy (non-hydrogen) atoms. The number of hydrogen-bond acceptors (Lipinski definition) is 2. The summed E-state index contributed by atoms with van der Waals surface area (Å²) in [4.78, 5) is 22.9. The highest BCUT2D eigenvalue weighted by molar-refractivity contribution is 6.14. The molecule has 118 valence electrons. The molecule has 2 N–H and O–H groups in total. The first kappa shape index (κ1) is 15.1. The van der Waals surface area contributed by atoms with E-state index in [1.807, 2.05) is 19.9 Å². The number of rotatable bonds is 2. The van der Waals surface area contributed by atoms with Gasteiger partial charge in [0, 0.05) is 17.1 Å². The summed E-state index contributed by atoms with van der Waals surface area (Å²) in [6.07, 6.45) is 1.71. The highest BCUT2D eigenvalue weighted by Crippen LogP contribution is 2.24. The Hall–Kier alpha value is -2.82. The minimum absolute atomic E-state index is 0.273. The van der Waals surface area contributed by atoms with Crippen LogP contribution in [0.25, 0.3) is 11.8 Å². The second-order valence-corrected chi connectivity index (χ2v) is 5.90. The van der Waals surface area contributed by atoms with Crippen molar-refractivity contribution in [1.29, 1.82) is 0 Å². The molecule has 0 saturated carbocycles. The summed E-state index contributed by atoms with van der Waals surface area (Å²) in [5, 5.41) is 4.73. The average molecular weight is 309 g/mol. The van der Waals surface area contributed by atoms with E-state index in [-0.39, 0.29) is 5.70 Å². The first-order valence-electron chi connectivity index (χ1n) is 7.47. The van der Waals surface area contributed by atoms with Gasteiger partial charge in [-0.3, -0.25) is 10.1 Å². The lowest BCUT2D eigenvalue weighted by atomic mass is 10.1. The Kier molecular flexibility index (Phi) is 3.56. The third-order valence-corrected chi connectivity index (χ3v) is 4.24. The summed E-state index contributed by atoms with van der Waals surface area (Å²) in [6.45, 7) is 8.21. The molecular weight excluding hydrogens is 290 g/mol. The van der Waals surface area contributed by atoms with Crippen molar-refractivity contribution < 1.29 is 9.59 Å². The number of amides is 3. The summed E-state index contributed by atoms with van der Waals surface area (Å²) in [5.74, 6) is -0.397. The van der Waals surface area contributed by atoms with E-state index < -0.39 is 11.9 Å². The van der Waals surface area contributed by atoms with E-state index in [2.05, 4.69) is 47.2 Å². The lowest BCUT2D eigenvalue weighted by Gasteiger charge is -2.11. The van der Waals surface area contributed by atoms with E-state index in [9.17, 15) is 9.59 Å². The molecule has 3 amide bonds. The summed E-state index contributed by atoms with van der Waals surface area (Å²) in [7, 11) is 0. The number of carbonyl (C=O) groups is 2. The van der Waals surface area contributed by atoms with Gasteiger partial charge < -0.3 is 9.88 Å². The Morgan fingerprint density at radius 3 is 2.30 bits per heavy atom.